The van der Waals surface area contributed by atoms with Crippen molar-refractivity contribution in [1.82, 2.24) is 0 Å². The summed E-state index contributed by atoms with van der Waals surface area (Å²) in [6, 6.07) is -0.427. The molecule has 0 amide bonds. The zero-order valence-electron chi connectivity index (χ0n) is 3.42. The number of rotatable bonds is 2. The third-order valence-corrected chi connectivity index (χ3v) is 0.628. The lowest BCUT2D eigenvalue weighted by molar-refractivity contribution is 0.326. The highest BCUT2D eigenvalue weighted by Crippen LogP contribution is 1.96. The van der Waals surface area contributed by atoms with Crippen molar-refractivity contribution in [1.29, 1.82) is 0 Å². The molecule has 2 nitrogen and oxygen atoms in total. The second-order valence-electron chi connectivity index (χ2n) is 0.885. The highest BCUT2D eigenvalue weighted by molar-refractivity contribution is 7.17. The zero-order chi connectivity index (χ0) is 4.99. The molecule has 0 fully saturated rings. The Bertz CT molecular complexity index is 46.8. The van der Waals surface area contributed by atoms with Crippen LogP contribution in [0.3, 0.4) is 0 Å². The van der Waals surface area contributed by atoms with Crippen molar-refractivity contribution >= 4 is 16.5 Å². The molecule has 0 aromatic rings. The van der Waals surface area contributed by atoms with Gasteiger partial charge in [0.2, 0.25) is 0 Å². The van der Waals surface area contributed by atoms with Crippen molar-refractivity contribution in [2.45, 2.75) is 12.9 Å². The van der Waals surface area contributed by atoms with Crippen LogP contribution in [0.15, 0.2) is 0 Å². The van der Waals surface area contributed by atoms with Crippen LogP contribution < -0.4 is 0 Å². The van der Waals surface area contributed by atoms with Crippen LogP contribution in [0.1, 0.15) is 6.92 Å². The molecule has 0 aliphatic heterocycles. The molecule has 0 N–H and O–H groups in total. The summed E-state index contributed by atoms with van der Waals surface area (Å²) in [6.07, 6.45) is 0. The van der Waals surface area contributed by atoms with E-state index in [9.17, 15) is 4.57 Å². The van der Waals surface area contributed by atoms with Crippen molar-refractivity contribution in [3.8, 4) is 0 Å². The number of hydrogen-bond donors (Lipinski definition) is 0. The molecule has 4 heteroatoms. The fraction of sp³-hybridized carbons (Fsp3) is 1.00. The lowest BCUT2D eigenvalue weighted by Gasteiger charge is -1.91. The largest absolute Gasteiger partial charge is 0.326 e. The Morgan fingerprint density at radius 2 is 2.50 bits per heavy atom. The third-order valence-electron chi connectivity index (χ3n) is 0.209. The monoisotopic (exact) mass is 102 g/mol. The Morgan fingerprint density at radius 1 is 2.00 bits per heavy atom. The second kappa shape index (κ2) is 3.32. The smallest absolute Gasteiger partial charge is 0.301 e. The van der Waals surface area contributed by atoms with Gasteiger partial charge in [0.1, 0.15) is 7.85 Å². The molecule has 1 atom stereocenters. The quantitative estimate of drug-likeness (QED) is 0.379. The SMILES string of the molecule is [B]C(C)OP=O. The molecule has 0 aliphatic carbocycles. The highest BCUT2D eigenvalue weighted by Gasteiger charge is 1.86. The second-order valence-corrected chi connectivity index (χ2v) is 1.24. The van der Waals surface area contributed by atoms with Crippen LogP contribution in [0, 0.1) is 0 Å². The Hall–Kier alpha value is 0.125. The van der Waals surface area contributed by atoms with Gasteiger partial charge in [-0.3, -0.25) is 0 Å². The molecule has 0 aromatic carbocycles. The molecule has 1 unspecified atom stereocenters. The van der Waals surface area contributed by atoms with Crippen molar-refractivity contribution < 1.29 is 9.09 Å². The molecule has 6 heavy (non-hydrogen) atoms. The molecule has 0 bridgehead atoms. The van der Waals surface area contributed by atoms with Crippen molar-refractivity contribution in [3.63, 3.8) is 0 Å². The van der Waals surface area contributed by atoms with E-state index >= 15 is 0 Å². The molecule has 0 spiro atoms. The van der Waals surface area contributed by atoms with Crippen molar-refractivity contribution in [2.24, 2.45) is 0 Å². The molecular weight excluding hydrogens is 97.8 g/mol. The summed E-state index contributed by atoms with van der Waals surface area (Å²) in [7, 11) is 4.62. The first kappa shape index (κ1) is 6.12. The van der Waals surface area contributed by atoms with E-state index in [1.807, 2.05) is 0 Å². The van der Waals surface area contributed by atoms with E-state index < -0.39 is 6.00 Å². The molecule has 0 saturated carbocycles. The van der Waals surface area contributed by atoms with Crippen LogP contribution in [0.25, 0.3) is 0 Å². The molecule has 2 radical (unpaired) electrons. The molecule has 0 saturated heterocycles. The van der Waals surface area contributed by atoms with Gasteiger partial charge in [-0.15, -0.1) is 0 Å². The molecule has 0 rings (SSSR count). The van der Waals surface area contributed by atoms with E-state index in [0.29, 0.717) is 0 Å². The van der Waals surface area contributed by atoms with Crippen LogP contribution in [0.5, 0.6) is 0 Å². The fourth-order valence-electron chi connectivity index (χ4n) is 0.0679. The Morgan fingerprint density at radius 3 is 2.50 bits per heavy atom. The van der Waals surface area contributed by atoms with Crippen LogP contribution in [0.2, 0.25) is 0 Å². The minimum atomic E-state index is -0.427. The van der Waals surface area contributed by atoms with Gasteiger partial charge in [0, 0.05) is 6.00 Å². The summed E-state index contributed by atoms with van der Waals surface area (Å²) in [5.41, 5.74) is 0. The predicted octanol–water partition coefficient (Wildman–Crippen LogP) is 0.724. The van der Waals surface area contributed by atoms with E-state index in [2.05, 4.69) is 4.52 Å². The lowest BCUT2D eigenvalue weighted by Crippen LogP contribution is -1.97. The van der Waals surface area contributed by atoms with Crippen molar-refractivity contribution in [2.75, 3.05) is 0 Å². The summed E-state index contributed by atoms with van der Waals surface area (Å²) in [5, 5.41) is 0. The molecule has 0 aromatic heterocycles. The van der Waals surface area contributed by atoms with Gasteiger partial charge in [0.15, 0.2) is 0 Å². The first-order chi connectivity index (χ1) is 2.77. The predicted molar refractivity (Wildman–Crippen MR) is 23.9 cm³/mol. The zero-order valence-corrected chi connectivity index (χ0v) is 4.31. The van der Waals surface area contributed by atoms with Gasteiger partial charge in [-0.25, -0.2) is 4.57 Å². The van der Waals surface area contributed by atoms with Gasteiger partial charge in [-0.2, -0.15) is 0 Å². The summed E-state index contributed by atoms with van der Waals surface area (Å²) in [6.45, 7) is 1.60. The van der Waals surface area contributed by atoms with E-state index in [4.69, 9.17) is 7.85 Å². The Labute approximate surface area is 39.6 Å². The Balaban J connectivity index is 2.81. The first-order valence-electron chi connectivity index (χ1n) is 1.51. The van der Waals surface area contributed by atoms with E-state index in [1.165, 1.54) is 0 Å². The minimum Gasteiger partial charge on any atom is -0.301 e. The molecule has 32 valence electrons. The molecule has 0 aliphatic rings. The van der Waals surface area contributed by atoms with Gasteiger partial charge < -0.3 is 4.52 Å². The Kier molecular flexibility index (Phi) is 3.39. The standard InChI is InChI=1S/C2H4BO2P/c1-2(3)5-6-4/h2H,1H3. The van der Waals surface area contributed by atoms with E-state index in [0.717, 1.165) is 0 Å². The highest BCUT2D eigenvalue weighted by atomic mass is 31.1. The van der Waals surface area contributed by atoms with Gasteiger partial charge >= 0.3 is 8.69 Å². The minimum absolute atomic E-state index is 0.351. The average molecular weight is 102 g/mol. The lowest BCUT2D eigenvalue weighted by atomic mass is 10.0. The van der Waals surface area contributed by atoms with Gasteiger partial charge in [0.25, 0.3) is 0 Å². The maximum atomic E-state index is 9.41. The van der Waals surface area contributed by atoms with Gasteiger partial charge in [0.05, 0.1) is 0 Å². The van der Waals surface area contributed by atoms with Gasteiger partial charge in [-0.05, 0) is 6.92 Å². The van der Waals surface area contributed by atoms with Crippen LogP contribution in [0.4, 0.5) is 0 Å². The molecule has 0 heterocycles. The summed E-state index contributed by atoms with van der Waals surface area (Å²) >= 11 is 0. The fourth-order valence-corrected chi connectivity index (χ4v) is 0.204. The van der Waals surface area contributed by atoms with Gasteiger partial charge in [-0.1, -0.05) is 0 Å². The average Bonchev–Trinajstić information content (AvgIpc) is 1.35. The summed E-state index contributed by atoms with van der Waals surface area (Å²) < 4.78 is 13.6. The van der Waals surface area contributed by atoms with Crippen LogP contribution >= 0.6 is 8.69 Å². The van der Waals surface area contributed by atoms with Crippen LogP contribution in [-0.2, 0) is 9.09 Å². The maximum absolute atomic E-state index is 9.41. The summed E-state index contributed by atoms with van der Waals surface area (Å²) in [4.78, 5) is 0. The summed E-state index contributed by atoms with van der Waals surface area (Å²) in [5.74, 6) is 0. The van der Waals surface area contributed by atoms with E-state index in [-0.39, 0.29) is 8.69 Å². The number of hydrogen-bond acceptors (Lipinski definition) is 2. The van der Waals surface area contributed by atoms with Crippen LogP contribution in [-0.4, -0.2) is 13.8 Å². The van der Waals surface area contributed by atoms with E-state index in [1.54, 1.807) is 6.92 Å². The maximum Gasteiger partial charge on any atom is 0.326 e. The molecular formula is C2H4BO2P. The topological polar surface area (TPSA) is 26.3 Å². The third kappa shape index (κ3) is 4.12. The normalized spacial score (nSPS) is 14.8. The first-order valence-corrected chi connectivity index (χ1v) is 2.24. The van der Waals surface area contributed by atoms with Crippen molar-refractivity contribution in [3.05, 3.63) is 0 Å².